The van der Waals surface area contributed by atoms with Gasteiger partial charge in [-0.1, -0.05) is 48.0 Å². The molecule has 0 amide bonds. The maximum Gasteiger partial charge on any atom is 0.335 e. The van der Waals surface area contributed by atoms with Crippen molar-refractivity contribution in [2.24, 2.45) is 0 Å². The Balaban J connectivity index is 2.05. The third kappa shape index (κ3) is 2.80. The zero-order chi connectivity index (χ0) is 14.8. The van der Waals surface area contributed by atoms with E-state index in [9.17, 15) is 4.79 Å². The van der Waals surface area contributed by atoms with Gasteiger partial charge >= 0.3 is 5.97 Å². The van der Waals surface area contributed by atoms with Crippen molar-refractivity contribution in [3.63, 3.8) is 0 Å². The summed E-state index contributed by atoms with van der Waals surface area (Å²) in [4.78, 5) is 15.0. The van der Waals surface area contributed by atoms with Crippen LogP contribution in [0.3, 0.4) is 0 Å². The first kappa shape index (κ1) is 13.4. The second-order valence-corrected chi connectivity index (χ2v) is 4.79. The van der Waals surface area contributed by atoms with E-state index in [2.05, 4.69) is 4.98 Å². The Hall–Kier alpha value is -2.59. The van der Waals surface area contributed by atoms with Crippen molar-refractivity contribution >= 4 is 28.3 Å². The third-order valence-corrected chi connectivity index (χ3v) is 3.18. The number of rotatable bonds is 3. The lowest BCUT2D eigenvalue weighted by Gasteiger charge is -2.09. The van der Waals surface area contributed by atoms with Crippen LogP contribution in [-0.4, -0.2) is 16.1 Å². The van der Waals surface area contributed by atoms with Crippen LogP contribution in [0.1, 0.15) is 10.4 Å². The Labute approximate surface area is 125 Å². The monoisotopic (exact) mass is 299 g/mol. The highest BCUT2D eigenvalue weighted by molar-refractivity contribution is 6.29. The van der Waals surface area contributed by atoms with E-state index < -0.39 is 5.97 Å². The molecule has 0 bridgehead atoms. The van der Waals surface area contributed by atoms with Crippen molar-refractivity contribution in [2.75, 3.05) is 0 Å². The lowest BCUT2D eigenvalue weighted by Crippen LogP contribution is -1.98. The Morgan fingerprint density at radius 3 is 2.67 bits per heavy atom. The molecule has 0 aliphatic carbocycles. The summed E-state index contributed by atoms with van der Waals surface area (Å²) in [5.41, 5.74) is 0.0326. The van der Waals surface area contributed by atoms with Crippen molar-refractivity contribution in [3.8, 4) is 11.6 Å². The second kappa shape index (κ2) is 5.42. The van der Waals surface area contributed by atoms with Gasteiger partial charge in [0, 0.05) is 11.5 Å². The number of nitrogens with zero attached hydrogens (tertiary/aromatic N) is 1. The molecule has 0 aliphatic heterocycles. The number of hydrogen-bond acceptors (Lipinski definition) is 3. The maximum atomic E-state index is 11.0. The van der Waals surface area contributed by atoms with Crippen LogP contribution >= 0.6 is 11.6 Å². The van der Waals surface area contributed by atoms with Crippen LogP contribution in [-0.2, 0) is 0 Å². The highest BCUT2D eigenvalue weighted by atomic mass is 35.5. The van der Waals surface area contributed by atoms with Gasteiger partial charge in [-0.2, -0.15) is 0 Å². The number of pyridine rings is 1. The summed E-state index contributed by atoms with van der Waals surface area (Å²) in [6.45, 7) is 0. The predicted molar refractivity (Wildman–Crippen MR) is 80.2 cm³/mol. The van der Waals surface area contributed by atoms with Crippen molar-refractivity contribution < 1.29 is 14.6 Å². The van der Waals surface area contributed by atoms with Gasteiger partial charge in [0.1, 0.15) is 10.9 Å². The second-order valence-electron chi connectivity index (χ2n) is 4.40. The van der Waals surface area contributed by atoms with E-state index in [0.29, 0.717) is 5.75 Å². The fraction of sp³-hybridized carbons (Fsp3) is 0. The molecule has 1 heterocycles. The van der Waals surface area contributed by atoms with Gasteiger partial charge in [-0.3, -0.25) is 0 Å². The molecule has 4 nitrogen and oxygen atoms in total. The average molecular weight is 300 g/mol. The number of carboxylic acids is 1. The predicted octanol–water partition coefficient (Wildman–Crippen LogP) is 4.38. The van der Waals surface area contributed by atoms with E-state index in [1.165, 1.54) is 12.1 Å². The standard InChI is InChI=1S/C16H10ClNO3/c17-14-8-11(16(19)20)9-15(18-14)21-13-7-3-5-10-4-1-2-6-12(10)13/h1-9H,(H,19,20). The number of ether oxygens (including phenoxy) is 1. The number of aromatic carboxylic acids is 1. The molecule has 0 radical (unpaired) electrons. The van der Waals surface area contributed by atoms with Crippen LogP contribution in [0.4, 0.5) is 0 Å². The van der Waals surface area contributed by atoms with Gasteiger partial charge in [0.05, 0.1) is 5.56 Å². The summed E-state index contributed by atoms with van der Waals surface area (Å²) in [6, 6.07) is 16.0. The van der Waals surface area contributed by atoms with Crippen LogP contribution in [0, 0.1) is 0 Å². The first-order valence-electron chi connectivity index (χ1n) is 6.20. The van der Waals surface area contributed by atoms with Gasteiger partial charge in [0.25, 0.3) is 0 Å². The van der Waals surface area contributed by atoms with Gasteiger partial charge in [0.2, 0.25) is 5.88 Å². The van der Waals surface area contributed by atoms with Crippen molar-refractivity contribution in [1.82, 2.24) is 4.98 Å². The maximum absolute atomic E-state index is 11.0. The lowest BCUT2D eigenvalue weighted by atomic mass is 10.1. The largest absolute Gasteiger partial charge is 0.478 e. The smallest absolute Gasteiger partial charge is 0.335 e. The number of fused-ring (bicyclic) bond motifs is 1. The summed E-state index contributed by atoms with van der Waals surface area (Å²) < 4.78 is 5.70. The van der Waals surface area contributed by atoms with E-state index in [4.69, 9.17) is 21.4 Å². The normalized spacial score (nSPS) is 10.5. The van der Waals surface area contributed by atoms with E-state index in [1.807, 2.05) is 36.4 Å². The Bertz CT molecular complexity index is 827. The van der Waals surface area contributed by atoms with E-state index in [0.717, 1.165) is 10.8 Å². The number of hydrogen-bond donors (Lipinski definition) is 1. The molecule has 0 aliphatic rings. The minimum Gasteiger partial charge on any atom is -0.478 e. The van der Waals surface area contributed by atoms with Crippen LogP contribution < -0.4 is 4.74 Å². The molecule has 21 heavy (non-hydrogen) atoms. The first-order chi connectivity index (χ1) is 10.1. The molecule has 0 fully saturated rings. The van der Waals surface area contributed by atoms with Crippen molar-refractivity contribution in [1.29, 1.82) is 0 Å². The molecule has 104 valence electrons. The summed E-state index contributed by atoms with van der Waals surface area (Å²) in [5.74, 6) is -0.336. The van der Waals surface area contributed by atoms with Gasteiger partial charge < -0.3 is 9.84 Å². The Morgan fingerprint density at radius 1 is 1.10 bits per heavy atom. The topological polar surface area (TPSA) is 59.4 Å². The quantitative estimate of drug-likeness (QED) is 0.729. The molecule has 3 rings (SSSR count). The van der Waals surface area contributed by atoms with Crippen LogP contribution in [0.5, 0.6) is 11.6 Å². The molecular weight excluding hydrogens is 290 g/mol. The van der Waals surface area contributed by atoms with Crippen LogP contribution in [0.15, 0.2) is 54.6 Å². The molecule has 0 saturated carbocycles. The highest BCUT2D eigenvalue weighted by Gasteiger charge is 2.10. The number of aromatic nitrogens is 1. The molecule has 3 aromatic rings. The summed E-state index contributed by atoms with van der Waals surface area (Å²) in [6.07, 6.45) is 0. The zero-order valence-electron chi connectivity index (χ0n) is 10.8. The Kier molecular flexibility index (Phi) is 3.46. The van der Waals surface area contributed by atoms with Crippen molar-refractivity contribution in [3.05, 3.63) is 65.3 Å². The van der Waals surface area contributed by atoms with Gasteiger partial charge in [-0.25, -0.2) is 9.78 Å². The molecule has 1 N–H and O–H groups in total. The molecular formula is C16H10ClNO3. The molecule has 0 spiro atoms. The molecule has 5 heteroatoms. The molecule has 2 aromatic carbocycles. The van der Waals surface area contributed by atoms with Gasteiger partial charge in [0.15, 0.2) is 0 Å². The highest BCUT2D eigenvalue weighted by Crippen LogP contribution is 2.29. The summed E-state index contributed by atoms with van der Waals surface area (Å²) >= 11 is 5.82. The lowest BCUT2D eigenvalue weighted by molar-refractivity contribution is 0.0696. The van der Waals surface area contributed by atoms with E-state index >= 15 is 0 Å². The summed E-state index contributed by atoms with van der Waals surface area (Å²) in [5, 5.41) is 11.0. The number of carboxylic acid groups (broad SMARTS) is 1. The molecule has 0 atom stereocenters. The van der Waals surface area contributed by atoms with Crippen LogP contribution in [0.2, 0.25) is 5.15 Å². The van der Waals surface area contributed by atoms with Crippen LogP contribution in [0.25, 0.3) is 10.8 Å². The average Bonchev–Trinajstić information content (AvgIpc) is 2.47. The SMILES string of the molecule is O=C(O)c1cc(Cl)nc(Oc2cccc3ccccc23)c1. The van der Waals surface area contributed by atoms with E-state index in [1.54, 1.807) is 6.07 Å². The van der Waals surface area contributed by atoms with Gasteiger partial charge in [-0.15, -0.1) is 0 Å². The summed E-state index contributed by atoms with van der Waals surface area (Å²) in [7, 11) is 0. The van der Waals surface area contributed by atoms with Crippen molar-refractivity contribution in [2.45, 2.75) is 0 Å². The first-order valence-corrected chi connectivity index (χ1v) is 6.58. The van der Waals surface area contributed by atoms with Gasteiger partial charge in [-0.05, 0) is 17.5 Å². The molecule has 0 unspecified atom stereocenters. The number of halogens is 1. The third-order valence-electron chi connectivity index (χ3n) is 2.98. The number of benzene rings is 2. The minimum atomic E-state index is -1.08. The fourth-order valence-corrected chi connectivity index (χ4v) is 2.25. The fourth-order valence-electron chi connectivity index (χ4n) is 2.05. The molecule has 1 aromatic heterocycles. The zero-order valence-corrected chi connectivity index (χ0v) is 11.5. The Morgan fingerprint density at radius 2 is 1.86 bits per heavy atom. The van der Waals surface area contributed by atoms with E-state index in [-0.39, 0.29) is 16.6 Å². The molecule has 0 saturated heterocycles. The number of carbonyl (C=O) groups is 1. The minimum absolute atomic E-state index is 0.0326.